The summed E-state index contributed by atoms with van der Waals surface area (Å²) >= 11 is 0. The molecule has 1 aromatic rings. The van der Waals surface area contributed by atoms with Crippen molar-refractivity contribution in [1.82, 2.24) is 0 Å². The molecule has 144 valence electrons. The summed E-state index contributed by atoms with van der Waals surface area (Å²) < 4.78 is 11.0. The van der Waals surface area contributed by atoms with Crippen LogP contribution >= 0.6 is 0 Å². The Morgan fingerprint density at radius 2 is 1.85 bits per heavy atom. The number of nitro benzene ring substituents is 1. The number of cyclic esters (lactones) is 2. The molecule has 2 saturated heterocycles. The SMILES string of the molecule is CC1(C)OC(=O)C2(Cc3cc([N+](=O)[O-])ccc3N3CCCCC[C@@H]32)C(=O)O1. The van der Waals surface area contributed by atoms with E-state index in [2.05, 4.69) is 4.90 Å². The van der Waals surface area contributed by atoms with Gasteiger partial charge in [0, 0.05) is 44.6 Å². The van der Waals surface area contributed by atoms with Crippen molar-refractivity contribution >= 4 is 23.3 Å². The van der Waals surface area contributed by atoms with Gasteiger partial charge >= 0.3 is 11.9 Å². The number of carbonyl (C=O) groups is 2. The number of carbonyl (C=O) groups excluding carboxylic acids is 2. The quantitative estimate of drug-likeness (QED) is 0.322. The van der Waals surface area contributed by atoms with Crippen LogP contribution in [0, 0.1) is 15.5 Å². The second-order valence-electron chi connectivity index (χ2n) is 7.96. The molecule has 3 aliphatic heterocycles. The van der Waals surface area contributed by atoms with Crippen molar-refractivity contribution in [2.75, 3.05) is 11.4 Å². The molecular formula is C19H22N2O6. The van der Waals surface area contributed by atoms with Gasteiger partial charge in [0.15, 0.2) is 5.41 Å². The zero-order chi connectivity index (χ0) is 19.4. The van der Waals surface area contributed by atoms with Crippen LogP contribution in [0.25, 0.3) is 0 Å². The molecule has 0 aliphatic carbocycles. The monoisotopic (exact) mass is 374 g/mol. The molecule has 1 atom stereocenters. The third-order valence-electron chi connectivity index (χ3n) is 5.78. The topological polar surface area (TPSA) is 99.0 Å². The first-order valence-electron chi connectivity index (χ1n) is 9.25. The molecule has 8 nitrogen and oxygen atoms in total. The van der Waals surface area contributed by atoms with Gasteiger partial charge in [-0.1, -0.05) is 12.8 Å². The molecule has 1 spiro atoms. The average molecular weight is 374 g/mol. The van der Waals surface area contributed by atoms with Gasteiger partial charge < -0.3 is 14.4 Å². The highest BCUT2D eigenvalue weighted by Gasteiger charge is 2.63. The zero-order valence-corrected chi connectivity index (χ0v) is 15.4. The Bertz CT molecular complexity index is 813. The maximum Gasteiger partial charge on any atom is 0.329 e. The Morgan fingerprint density at radius 3 is 2.52 bits per heavy atom. The van der Waals surface area contributed by atoms with Gasteiger partial charge in [-0.05, 0) is 24.5 Å². The fourth-order valence-corrected chi connectivity index (χ4v) is 4.58. The van der Waals surface area contributed by atoms with Crippen LogP contribution in [0.4, 0.5) is 11.4 Å². The maximum absolute atomic E-state index is 13.1. The van der Waals surface area contributed by atoms with E-state index in [1.54, 1.807) is 6.07 Å². The molecule has 4 rings (SSSR count). The Kier molecular flexibility index (Phi) is 3.90. The van der Waals surface area contributed by atoms with E-state index >= 15 is 0 Å². The van der Waals surface area contributed by atoms with E-state index < -0.39 is 28.1 Å². The number of non-ortho nitro benzene ring substituents is 1. The van der Waals surface area contributed by atoms with E-state index in [4.69, 9.17) is 9.47 Å². The molecular weight excluding hydrogens is 352 g/mol. The maximum atomic E-state index is 13.1. The summed E-state index contributed by atoms with van der Waals surface area (Å²) in [4.78, 5) is 39.0. The number of hydrogen-bond acceptors (Lipinski definition) is 7. The van der Waals surface area contributed by atoms with Crippen molar-refractivity contribution in [2.24, 2.45) is 5.41 Å². The molecule has 3 aliphatic rings. The minimum Gasteiger partial charge on any atom is -0.422 e. The number of fused-ring (bicyclic) bond motifs is 4. The zero-order valence-electron chi connectivity index (χ0n) is 15.4. The number of ether oxygens (including phenoxy) is 2. The van der Waals surface area contributed by atoms with Gasteiger partial charge in [-0.2, -0.15) is 0 Å². The van der Waals surface area contributed by atoms with Crippen LogP contribution in [0.3, 0.4) is 0 Å². The average Bonchev–Trinajstić information content (AvgIpc) is 2.84. The third kappa shape index (κ3) is 2.65. The van der Waals surface area contributed by atoms with Crippen LogP contribution in [0.1, 0.15) is 45.1 Å². The van der Waals surface area contributed by atoms with Crippen molar-refractivity contribution in [3.8, 4) is 0 Å². The van der Waals surface area contributed by atoms with E-state index in [1.165, 1.54) is 26.0 Å². The number of nitro groups is 1. The molecule has 2 fully saturated rings. The summed E-state index contributed by atoms with van der Waals surface area (Å²) in [5.74, 6) is -2.51. The lowest BCUT2D eigenvalue weighted by Crippen LogP contribution is -2.65. The summed E-state index contributed by atoms with van der Waals surface area (Å²) in [6.07, 6.45) is 3.55. The highest BCUT2D eigenvalue weighted by molar-refractivity contribution is 6.04. The van der Waals surface area contributed by atoms with Crippen LogP contribution in [0.15, 0.2) is 18.2 Å². The first-order valence-corrected chi connectivity index (χ1v) is 9.25. The van der Waals surface area contributed by atoms with Gasteiger partial charge in [-0.25, -0.2) is 0 Å². The summed E-state index contributed by atoms with van der Waals surface area (Å²) in [6, 6.07) is 4.28. The number of nitrogens with zero attached hydrogens (tertiary/aromatic N) is 2. The second kappa shape index (κ2) is 5.94. The molecule has 0 aromatic heterocycles. The molecule has 0 amide bonds. The summed E-state index contributed by atoms with van der Waals surface area (Å²) in [5, 5.41) is 11.2. The van der Waals surface area contributed by atoms with Crippen molar-refractivity contribution in [3.63, 3.8) is 0 Å². The Balaban J connectivity index is 1.87. The number of rotatable bonds is 1. The molecule has 0 bridgehead atoms. The first kappa shape index (κ1) is 17.8. The molecule has 0 saturated carbocycles. The molecule has 3 heterocycles. The Hall–Kier alpha value is -2.64. The van der Waals surface area contributed by atoms with Gasteiger partial charge in [0.1, 0.15) is 0 Å². The Labute approximate surface area is 156 Å². The van der Waals surface area contributed by atoms with E-state index in [0.29, 0.717) is 18.5 Å². The van der Waals surface area contributed by atoms with Crippen LogP contribution in [-0.2, 0) is 25.5 Å². The minimum absolute atomic E-state index is 0.0545. The number of anilines is 1. The summed E-state index contributed by atoms with van der Waals surface area (Å²) in [5.41, 5.74) is -0.0863. The van der Waals surface area contributed by atoms with Crippen molar-refractivity contribution in [1.29, 1.82) is 0 Å². The van der Waals surface area contributed by atoms with Crippen molar-refractivity contribution in [3.05, 3.63) is 33.9 Å². The molecule has 8 heteroatoms. The fraction of sp³-hybridized carbons (Fsp3) is 0.579. The molecule has 0 unspecified atom stereocenters. The van der Waals surface area contributed by atoms with Gasteiger partial charge in [-0.15, -0.1) is 0 Å². The number of hydrogen-bond donors (Lipinski definition) is 0. The fourth-order valence-electron chi connectivity index (χ4n) is 4.58. The van der Waals surface area contributed by atoms with E-state index in [1.807, 2.05) is 0 Å². The smallest absolute Gasteiger partial charge is 0.329 e. The Morgan fingerprint density at radius 1 is 1.15 bits per heavy atom. The molecule has 0 radical (unpaired) electrons. The van der Waals surface area contributed by atoms with E-state index in [0.717, 1.165) is 24.9 Å². The number of benzene rings is 1. The number of esters is 2. The predicted octanol–water partition coefficient (Wildman–Crippen LogP) is 2.72. The van der Waals surface area contributed by atoms with Gasteiger partial charge in [0.2, 0.25) is 0 Å². The standard InChI is InChI=1S/C19H22N2O6/c1-18(2)26-16(22)19(17(23)27-18)11-12-10-13(21(24)25)7-8-14(12)20-9-5-3-4-6-15(19)20/h7-8,10,15H,3-6,9,11H2,1-2H3/t15-/m1/s1. The normalized spacial score (nSPS) is 25.7. The summed E-state index contributed by atoms with van der Waals surface area (Å²) in [6.45, 7) is 3.74. The van der Waals surface area contributed by atoms with E-state index in [-0.39, 0.29) is 18.2 Å². The van der Waals surface area contributed by atoms with Crippen LogP contribution in [-0.4, -0.2) is 35.2 Å². The summed E-state index contributed by atoms with van der Waals surface area (Å²) in [7, 11) is 0. The van der Waals surface area contributed by atoms with Gasteiger partial charge in [-0.3, -0.25) is 19.7 Å². The first-order chi connectivity index (χ1) is 12.7. The van der Waals surface area contributed by atoms with Gasteiger partial charge in [0.25, 0.3) is 11.5 Å². The largest absolute Gasteiger partial charge is 0.422 e. The second-order valence-corrected chi connectivity index (χ2v) is 7.96. The van der Waals surface area contributed by atoms with Crippen molar-refractivity contribution < 1.29 is 24.0 Å². The van der Waals surface area contributed by atoms with E-state index in [9.17, 15) is 19.7 Å². The lowest BCUT2D eigenvalue weighted by Gasteiger charge is -2.51. The van der Waals surface area contributed by atoms with Crippen LogP contribution in [0.5, 0.6) is 0 Å². The van der Waals surface area contributed by atoms with Crippen LogP contribution < -0.4 is 4.90 Å². The van der Waals surface area contributed by atoms with Crippen LogP contribution in [0.2, 0.25) is 0 Å². The molecule has 27 heavy (non-hydrogen) atoms. The molecule has 1 aromatic carbocycles. The lowest BCUT2D eigenvalue weighted by atomic mass is 9.69. The third-order valence-corrected chi connectivity index (χ3v) is 5.78. The minimum atomic E-state index is -1.48. The molecule has 0 N–H and O–H groups in total. The predicted molar refractivity (Wildman–Crippen MR) is 95.1 cm³/mol. The lowest BCUT2D eigenvalue weighted by molar-refractivity contribution is -0.384. The van der Waals surface area contributed by atoms with Crippen molar-refractivity contribution in [2.45, 2.75) is 57.8 Å². The highest BCUT2D eigenvalue weighted by Crippen LogP contribution is 2.49. The van der Waals surface area contributed by atoms with Gasteiger partial charge in [0.05, 0.1) is 11.0 Å². The highest BCUT2D eigenvalue weighted by atomic mass is 16.7.